The van der Waals surface area contributed by atoms with E-state index in [4.69, 9.17) is 4.74 Å². The lowest BCUT2D eigenvalue weighted by atomic mass is 9.89. The second-order valence-electron chi connectivity index (χ2n) is 5.36. The number of hydrogen-bond acceptors (Lipinski definition) is 3. The van der Waals surface area contributed by atoms with Gasteiger partial charge in [-0.05, 0) is 32.4 Å². The topological polar surface area (TPSA) is 24.5 Å². The molecule has 0 aliphatic heterocycles. The number of methoxy groups -OCH3 is 1. The largest absolute Gasteiger partial charge is 0.383 e. The zero-order valence-corrected chi connectivity index (χ0v) is 11.9. The summed E-state index contributed by atoms with van der Waals surface area (Å²) in [5, 5.41) is 3.43. The van der Waals surface area contributed by atoms with Crippen molar-refractivity contribution in [1.82, 2.24) is 10.2 Å². The molecule has 3 heteroatoms. The van der Waals surface area contributed by atoms with Crippen molar-refractivity contribution < 1.29 is 4.74 Å². The molecule has 1 saturated carbocycles. The van der Waals surface area contributed by atoms with Crippen molar-refractivity contribution >= 4 is 0 Å². The molecule has 1 N–H and O–H groups in total. The van der Waals surface area contributed by atoms with Crippen LogP contribution < -0.4 is 5.32 Å². The van der Waals surface area contributed by atoms with E-state index in [9.17, 15) is 0 Å². The van der Waals surface area contributed by atoms with Crippen molar-refractivity contribution in [1.29, 1.82) is 0 Å². The summed E-state index contributed by atoms with van der Waals surface area (Å²) in [6.45, 7) is 6.30. The van der Waals surface area contributed by atoms with E-state index in [1.807, 2.05) is 0 Å². The number of ether oxygens (including phenoxy) is 1. The smallest absolute Gasteiger partial charge is 0.0630 e. The zero-order valence-electron chi connectivity index (χ0n) is 11.9. The fourth-order valence-corrected chi connectivity index (χ4v) is 2.77. The maximum Gasteiger partial charge on any atom is 0.0630 e. The minimum absolute atomic E-state index is 0.516. The van der Waals surface area contributed by atoms with Crippen molar-refractivity contribution in [2.75, 3.05) is 40.4 Å². The van der Waals surface area contributed by atoms with E-state index in [0.717, 1.165) is 25.6 Å². The molecule has 1 fully saturated rings. The van der Waals surface area contributed by atoms with Crippen molar-refractivity contribution in [3.63, 3.8) is 0 Å². The molecule has 0 radical (unpaired) electrons. The lowest BCUT2D eigenvalue weighted by Gasteiger charge is -2.32. The monoisotopic (exact) mass is 242 g/mol. The molecule has 17 heavy (non-hydrogen) atoms. The maximum atomic E-state index is 5.33. The average Bonchev–Trinajstić information content (AvgIpc) is 2.35. The van der Waals surface area contributed by atoms with E-state index in [1.54, 1.807) is 7.11 Å². The standard InChI is InChI=1S/C14H30N2O/c1-4-15-10-14(12-17-3)16(2)11-13-8-6-5-7-9-13/h13-15H,4-12H2,1-3H3. The van der Waals surface area contributed by atoms with Crippen molar-refractivity contribution in [2.24, 2.45) is 5.92 Å². The Morgan fingerprint density at radius 2 is 2.00 bits per heavy atom. The molecule has 1 rings (SSSR count). The quantitative estimate of drug-likeness (QED) is 0.705. The Hall–Kier alpha value is -0.120. The van der Waals surface area contributed by atoms with Gasteiger partial charge < -0.3 is 10.1 Å². The Morgan fingerprint density at radius 1 is 1.29 bits per heavy atom. The van der Waals surface area contributed by atoms with Gasteiger partial charge in [-0.3, -0.25) is 4.90 Å². The molecule has 1 aliphatic rings. The van der Waals surface area contributed by atoms with Gasteiger partial charge in [0.25, 0.3) is 0 Å². The molecule has 0 aromatic carbocycles. The second-order valence-corrected chi connectivity index (χ2v) is 5.36. The Morgan fingerprint density at radius 3 is 2.59 bits per heavy atom. The molecule has 0 spiro atoms. The van der Waals surface area contributed by atoms with Crippen LogP contribution in [-0.4, -0.2) is 51.3 Å². The summed E-state index contributed by atoms with van der Waals surface area (Å²) >= 11 is 0. The van der Waals surface area contributed by atoms with Crippen LogP contribution in [0.25, 0.3) is 0 Å². The highest BCUT2D eigenvalue weighted by Gasteiger charge is 2.20. The van der Waals surface area contributed by atoms with Crippen molar-refractivity contribution in [2.45, 2.75) is 45.1 Å². The molecule has 0 bridgehead atoms. The molecule has 3 nitrogen and oxygen atoms in total. The first-order valence-corrected chi connectivity index (χ1v) is 7.17. The number of nitrogens with zero attached hydrogens (tertiary/aromatic N) is 1. The first kappa shape index (κ1) is 14.9. The molecule has 102 valence electrons. The van der Waals surface area contributed by atoms with Gasteiger partial charge in [0.15, 0.2) is 0 Å². The van der Waals surface area contributed by atoms with Crippen LogP contribution in [0, 0.1) is 5.92 Å². The predicted molar refractivity (Wildman–Crippen MR) is 73.4 cm³/mol. The lowest BCUT2D eigenvalue weighted by Crippen LogP contribution is -2.45. The van der Waals surface area contributed by atoms with Crippen LogP contribution in [0.15, 0.2) is 0 Å². The summed E-state index contributed by atoms with van der Waals surface area (Å²) < 4.78 is 5.33. The van der Waals surface area contributed by atoms with Crippen LogP contribution in [-0.2, 0) is 4.74 Å². The predicted octanol–water partition coefficient (Wildman–Crippen LogP) is 2.12. The SMILES string of the molecule is CCNCC(COC)N(C)CC1CCCCC1. The van der Waals surface area contributed by atoms with E-state index < -0.39 is 0 Å². The molecule has 1 atom stereocenters. The normalized spacial score (nSPS) is 19.8. The Balaban J connectivity index is 2.31. The van der Waals surface area contributed by atoms with Gasteiger partial charge in [0.1, 0.15) is 0 Å². The third kappa shape index (κ3) is 5.84. The summed E-state index contributed by atoms with van der Waals surface area (Å²) in [7, 11) is 4.04. The zero-order chi connectivity index (χ0) is 12.5. The summed E-state index contributed by atoms with van der Waals surface area (Å²) in [6.07, 6.45) is 7.15. The Labute approximate surface area is 107 Å². The summed E-state index contributed by atoms with van der Waals surface area (Å²) in [5.74, 6) is 0.912. The van der Waals surface area contributed by atoms with Crippen LogP contribution in [0.4, 0.5) is 0 Å². The fourth-order valence-electron chi connectivity index (χ4n) is 2.77. The molecule has 0 saturated heterocycles. The maximum absolute atomic E-state index is 5.33. The van der Waals surface area contributed by atoms with Gasteiger partial charge in [-0.2, -0.15) is 0 Å². The number of likely N-dealkylation sites (N-methyl/N-ethyl adjacent to an activating group) is 2. The molecule has 0 amide bonds. The summed E-state index contributed by atoms with van der Waals surface area (Å²) in [5.41, 5.74) is 0. The first-order valence-electron chi connectivity index (χ1n) is 7.17. The van der Waals surface area contributed by atoms with Gasteiger partial charge in [-0.1, -0.05) is 26.2 Å². The molecular formula is C14H30N2O. The summed E-state index contributed by atoms with van der Waals surface area (Å²) in [4.78, 5) is 2.49. The Bertz CT molecular complexity index is 181. The van der Waals surface area contributed by atoms with Crippen LogP contribution >= 0.6 is 0 Å². The lowest BCUT2D eigenvalue weighted by molar-refractivity contribution is 0.0906. The Kier molecular flexibility index (Phi) is 7.82. The van der Waals surface area contributed by atoms with E-state index in [-0.39, 0.29) is 0 Å². The van der Waals surface area contributed by atoms with E-state index in [1.165, 1.54) is 38.6 Å². The minimum atomic E-state index is 0.516. The second kappa shape index (κ2) is 8.90. The third-order valence-electron chi connectivity index (χ3n) is 3.88. The van der Waals surface area contributed by atoms with Crippen LogP contribution in [0.1, 0.15) is 39.0 Å². The van der Waals surface area contributed by atoms with Crippen molar-refractivity contribution in [3.05, 3.63) is 0 Å². The minimum Gasteiger partial charge on any atom is -0.383 e. The van der Waals surface area contributed by atoms with Gasteiger partial charge in [0.2, 0.25) is 0 Å². The molecule has 0 aromatic rings. The van der Waals surface area contributed by atoms with Gasteiger partial charge in [-0.15, -0.1) is 0 Å². The molecule has 1 aliphatic carbocycles. The highest BCUT2D eigenvalue weighted by atomic mass is 16.5. The average molecular weight is 242 g/mol. The first-order chi connectivity index (χ1) is 8.27. The highest BCUT2D eigenvalue weighted by Crippen LogP contribution is 2.24. The van der Waals surface area contributed by atoms with E-state index in [2.05, 4.69) is 24.2 Å². The molecule has 0 heterocycles. The molecule has 0 aromatic heterocycles. The van der Waals surface area contributed by atoms with Gasteiger partial charge in [0.05, 0.1) is 6.61 Å². The number of nitrogens with one attached hydrogen (secondary N) is 1. The number of rotatable bonds is 8. The molecule has 1 unspecified atom stereocenters. The van der Waals surface area contributed by atoms with Crippen LogP contribution in [0.3, 0.4) is 0 Å². The van der Waals surface area contributed by atoms with Crippen LogP contribution in [0.5, 0.6) is 0 Å². The van der Waals surface area contributed by atoms with Gasteiger partial charge >= 0.3 is 0 Å². The van der Waals surface area contributed by atoms with Gasteiger partial charge in [-0.25, -0.2) is 0 Å². The third-order valence-corrected chi connectivity index (χ3v) is 3.88. The van der Waals surface area contributed by atoms with Gasteiger partial charge in [0, 0.05) is 26.2 Å². The molecular weight excluding hydrogens is 212 g/mol. The summed E-state index contributed by atoms with van der Waals surface area (Å²) in [6, 6.07) is 0.516. The van der Waals surface area contributed by atoms with Crippen LogP contribution in [0.2, 0.25) is 0 Å². The van der Waals surface area contributed by atoms with E-state index >= 15 is 0 Å². The van der Waals surface area contributed by atoms with Crippen molar-refractivity contribution in [3.8, 4) is 0 Å². The number of hydrogen-bond donors (Lipinski definition) is 1. The highest BCUT2D eigenvalue weighted by molar-refractivity contribution is 4.75. The van der Waals surface area contributed by atoms with E-state index in [0.29, 0.717) is 6.04 Å². The fraction of sp³-hybridized carbons (Fsp3) is 1.00.